The summed E-state index contributed by atoms with van der Waals surface area (Å²) in [4.78, 5) is 23.8. The fraction of sp³-hybridized carbons (Fsp3) is 0.111. The van der Waals surface area contributed by atoms with Gasteiger partial charge in [0.1, 0.15) is 12.1 Å². The van der Waals surface area contributed by atoms with E-state index in [4.69, 9.17) is 10.5 Å². The van der Waals surface area contributed by atoms with E-state index in [1.54, 1.807) is 48.5 Å². The minimum Gasteiger partial charge on any atom is -0.325 e. The molecule has 6 heteroatoms. The minimum atomic E-state index is -0.360. The van der Waals surface area contributed by atoms with Crippen molar-refractivity contribution < 1.29 is 9.59 Å². The molecule has 2 amide bonds. The average Bonchev–Trinajstić information content (AvgIpc) is 2.61. The fourth-order valence-corrected chi connectivity index (χ4v) is 2.03. The zero-order chi connectivity index (χ0) is 17.4. The lowest BCUT2D eigenvalue weighted by Gasteiger charge is -2.08. The molecule has 0 aliphatic heterocycles. The van der Waals surface area contributed by atoms with Crippen LogP contribution in [0, 0.1) is 22.7 Å². The van der Waals surface area contributed by atoms with Gasteiger partial charge in [-0.05, 0) is 24.3 Å². The molecule has 0 bridgehead atoms. The van der Waals surface area contributed by atoms with E-state index in [0.717, 1.165) is 0 Å². The number of nitrogens with one attached hydrogen (secondary N) is 2. The molecule has 6 nitrogen and oxygen atoms in total. The predicted molar refractivity (Wildman–Crippen MR) is 88.8 cm³/mol. The number of para-hydroxylation sites is 2. The average molecular weight is 318 g/mol. The Balaban J connectivity index is 1.89. The Morgan fingerprint density at radius 1 is 0.750 bits per heavy atom. The maximum atomic E-state index is 11.9. The first kappa shape index (κ1) is 16.7. The van der Waals surface area contributed by atoms with E-state index in [0.29, 0.717) is 22.5 Å². The molecule has 0 spiro atoms. The van der Waals surface area contributed by atoms with Gasteiger partial charge in [0.2, 0.25) is 11.8 Å². The van der Waals surface area contributed by atoms with Gasteiger partial charge in [0.25, 0.3) is 0 Å². The lowest BCUT2D eigenvalue weighted by Crippen LogP contribution is -2.18. The second kappa shape index (κ2) is 8.11. The Morgan fingerprint density at radius 3 is 1.50 bits per heavy atom. The van der Waals surface area contributed by atoms with Gasteiger partial charge < -0.3 is 10.6 Å². The number of nitriles is 2. The van der Waals surface area contributed by atoms with E-state index in [9.17, 15) is 9.59 Å². The first-order valence-corrected chi connectivity index (χ1v) is 7.22. The van der Waals surface area contributed by atoms with Crippen molar-refractivity contribution in [3.8, 4) is 12.1 Å². The third kappa shape index (κ3) is 4.43. The molecule has 0 saturated heterocycles. The largest absolute Gasteiger partial charge is 0.325 e. The van der Waals surface area contributed by atoms with Crippen LogP contribution in [0.25, 0.3) is 0 Å². The number of hydrogen-bond donors (Lipinski definition) is 2. The van der Waals surface area contributed by atoms with Crippen LogP contribution in [0.3, 0.4) is 0 Å². The minimum absolute atomic E-state index is 0.0275. The zero-order valence-electron chi connectivity index (χ0n) is 12.7. The standard InChI is InChI=1S/C18H14N4O2/c19-11-13-5-1-3-7-15(13)21-17(23)9-10-18(24)22-16-8-4-2-6-14(16)12-20/h1-8H,9-10H2,(H,21,23)(H,22,24). The van der Waals surface area contributed by atoms with Crippen LogP contribution >= 0.6 is 0 Å². The first-order valence-electron chi connectivity index (χ1n) is 7.22. The first-order chi connectivity index (χ1) is 11.6. The van der Waals surface area contributed by atoms with Crippen molar-refractivity contribution >= 4 is 23.2 Å². The molecule has 0 aliphatic rings. The van der Waals surface area contributed by atoms with Crippen molar-refractivity contribution in [3.63, 3.8) is 0 Å². The van der Waals surface area contributed by atoms with Gasteiger partial charge in [-0.3, -0.25) is 9.59 Å². The molecule has 0 unspecified atom stereocenters. The van der Waals surface area contributed by atoms with Crippen molar-refractivity contribution in [1.82, 2.24) is 0 Å². The van der Waals surface area contributed by atoms with Crippen LogP contribution in [0.1, 0.15) is 24.0 Å². The van der Waals surface area contributed by atoms with Crippen molar-refractivity contribution in [2.45, 2.75) is 12.8 Å². The molecule has 0 aromatic heterocycles. The van der Waals surface area contributed by atoms with Crippen LogP contribution in [-0.4, -0.2) is 11.8 Å². The van der Waals surface area contributed by atoms with Crippen molar-refractivity contribution in [2.75, 3.05) is 10.6 Å². The molecular formula is C18H14N4O2. The van der Waals surface area contributed by atoms with Crippen LogP contribution in [0.2, 0.25) is 0 Å². The summed E-state index contributed by atoms with van der Waals surface area (Å²) in [6.07, 6.45) is -0.0549. The molecule has 2 rings (SSSR count). The van der Waals surface area contributed by atoms with Crippen LogP contribution in [0.4, 0.5) is 11.4 Å². The third-order valence-electron chi connectivity index (χ3n) is 3.22. The number of rotatable bonds is 5. The summed E-state index contributed by atoms with van der Waals surface area (Å²) in [5.41, 5.74) is 1.55. The van der Waals surface area contributed by atoms with Gasteiger partial charge in [-0.25, -0.2) is 0 Å². The Morgan fingerprint density at radius 2 is 1.12 bits per heavy atom. The smallest absolute Gasteiger partial charge is 0.224 e. The number of amides is 2. The number of hydrogen-bond acceptors (Lipinski definition) is 4. The highest BCUT2D eigenvalue weighted by molar-refractivity contribution is 5.97. The van der Waals surface area contributed by atoms with E-state index >= 15 is 0 Å². The second-order valence-electron chi connectivity index (χ2n) is 4.91. The number of carbonyl (C=O) groups is 2. The molecule has 0 radical (unpaired) electrons. The molecule has 24 heavy (non-hydrogen) atoms. The van der Waals surface area contributed by atoms with Gasteiger partial charge in [0.05, 0.1) is 22.5 Å². The number of nitrogens with zero attached hydrogens (tertiary/aromatic N) is 2. The topological polar surface area (TPSA) is 106 Å². The maximum absolute atomic E-state index is 11.9. The van der Waals surface area contributed by atoms with Crippen LogP contribution < -0.4 is 10.6 Å². The monoisotopic (exact) mass is 318 g/mol. The molecule has 118 valence electrons. The van der Waals surface area contributed by atoms with Gasteiger partial charge in [0.15, 0.2) is 0 Å². The van der Waals surface area contributed by atoms with E-state index < -0.39 is 0 Å². The van der Waals surface area contributed by atoms with Crippen molar-refractivity contribution in [2.24, 2.45) is 0 Å². The summed E-state index contributed by atoms with van der Waals surface area (Å²) in [7, 11) is 0. The lowest BCUT2D eigenvalue weighted by atomic mass is 10.1. The summed E-state index contributed by atoms with van der Waals surface area (Å²) >= 11 is 0. The van der Waals surface area contributed by atoms with Crippen molar-refractivity contribution in [1.29, 1.82) is 10.5 Å². The Kier molecular flexibility index (Phi) is 5.65. The highest BCUT2D eigenvalue weighted by Crippen LogP contribution is 2.15. The van der Waals surface area contributed by atoms with E-state index in [-0.39, 0.29) is 24.7 Å². The van der Waals surface area contributed by atoms with E-state index in [1.807, 2.05) is 12.1 Å². The quantitative estimate of drug-likeness (QED) is 0.884. The Labute approximate surface area is 139 Å². The van der Waals surface area contributed by atoms with Gasteiger partial charge in [0, 0.05) is 12.8 Å². The van der Waals surface area contributed by atoms with Crippen molar-refractivity contribution in [3.05, 3.63) is 59.7 Å². The van der Waals surface area contributed by atoms with Gasteiger partial charge in [-0.2, -0.15) is 10.5 Å². The normalized spacial score (nSPS) is 9.42. The highest BCUT2D eigenvalue weighted by Gasteiger charge is 2.10. The zero-order valence-corrected chi connectivity index (χ0v) is 12.7. The van der Waals surface area contributed by atoms with E-state index in [1.165, 1.54) is 0 Å². The lowest BCUT2D eigenvalue weighted by molar-refractivity contribution is -0.121. The van der Waals surface area contributed by atoms with Crippen LogP contribution in [-0.2, 0) is 9.59 Å². The summed E-state index contributed by atoms with van der Waals surface area (Å²) < 4.78 is 0. The number of anilines is 2. The molecule has 0 atom stereocenters. The third-order valence-corrected chi connectivity index (χ3v) is 3.22. The Bertz CT molecular complexity index is 775. The summed E-state index contributed by atoms with van der Waals surface area (Å²) in [5.74, 6) is -0.720. The number of carbonyl (C=O) groups excluding carboxylic acids is 2. The SMILES string of the molecule is N#Cc1ccccc1NC(=O)CCC(=O)Nc1ccccc1C#N. The number of benzene rings is 2. The molecule has 2 aromatic carbocycles. The molecule has 0 aliphatic carbocycles. The second-order valence-corrected chi connectivity index (χ2v) is 4.91. The highest BCUT2D eigenvalue weighted by atomic mass is 16.2. The Hall–Kier alpha value is -3.64. The van der Waals surface area contributed by atoms with E-state index in [2.05, 4.69) is 10.6 Å². The molecule has 2 aromatic rings. The fourth-order valence-electron chi connectivity index (χ4n) is 2.03. The summed E-state index contributed by atoms with van der Waals surface area (Å²) in [5, 5.41) is 23.2. The van der Waals surface area contributed by atoms with Gasteiger partial charge in [-0.1, -0.05) is 24.3 Å². The van der Waals surface area contributed by atoms with Crippen LogP contribution in [0.15, 0.2) is 48.5 Å². The maximum Gasteiger partial charge on any atom is 0.224 e. The molecule has 0 fully saturated rings. The molecular weight excluding hydrogens is 304 g/mol. The molecule has 2 N–H and O–H groups in total. The van der Waals surface area contributed by atoms with Crippen LogP contribution in [0.5, 0.6) is 0 Å². The summed E-state index contributed by atoms with van der Waals surface area (Å²) in [6, 6.07) is 17.2. The molecule has 0 heterocycles. The van der Waals surface area contributed by atoms with Gasteiger partial charge >= 0.3 is 0 Å². The summed E-state index contributed by atoms with van der Waals surface area (Å²) in [6.45, 7) is 0. The van der Waals surface area contributed by atoms with Gasteiger partial charge in [-0.15, -0.1) is 0 Å². The molecule has 0 saturated carbocycles. The predicted octanol–water partition coefficient (Wildman–Crippen LogP) is 2.79.